The Balaban J connectivity index is 3.14. The molecule has 372 valence electrons. The van der Waals surface area contributed by atoms with E-state index < -0.39 is 70.5 Å². The minimum Gasteiger partial charge on any atom is -0.477 e. The first-order valence-corrected chi connectivity index (χ1v) is 21.6. The van der Waals surface area contributed by atoms with Crippen LogP contribution in [-0.2, 0) is 23.7 Å². The number of carboxylic acid groups (broad SMARTS) is 1. The monoisotopic (exact) mass is 937 g/mol. The summed E-state index contributed by atoms with van der Waals surface area (Å²) >= 11 is 0. The number of aromatic nitrogens is 2. The smallest absolute Gasteiger partial charge is 0.437 e. The third kappa shape index (κ3) is 27.1. The van der Waals surface area contributed by atoms with E-state index in [0.717, 1.165) is 9.80 Å². The molecule has 0 aliphatic rings. The molecule has 0 saturated heterocycles. The van der Waals surface area contributed by atoms with Crippen LogP contribution in [0.2, 0.25) is 0 Å². The minimum atomic E-state index is -1.50. The van der Waals surface area contributed by atoms with Crippen molar-refractivity contribution in [3.05, 3.63) is 17.8 Å². The largest absolute Gasteiger partial charge is 0.477 e. The molecule has 0 saturated carbocycles. The predicted octanol–water partition coefficient (Wildman–Crippen LogP) is 7.96. The van der Waals surface area contributed by atoms with Crippen molar-refractivity contribution in [3.8, 4) is 5.88 Å². The molecule has 0 unspecified atom stereocenters. The molecule has 6 amide bonds. The Hall–Kier alpha value is -6.29. The second-order valence-corrected chi connectivity index (χ2v) is 19.7. The summed E-state index contributed by atoms with van der Waals surface area (Å²) in [4.78, 5) is 86.1. The average Bonchev–Trinajstić information content (AvgIpc) is 3.09. The number of alkyl carbamates (subject to hydrolysis) is 2. The Bertz CT molecular complexity index is 1870. The number of carbonyl (C=O) groups excluding carboxylic acids is 5. The molecule has 0 spiro atoms. The molecule has 0 radical (unpaired) electrons. The van der Waals surface area contributed by atoms with Gasteiger partial charge in [0.25, 0.3) is 0 Å². The lowest BCUT2D eigenvalue weighted by Gasteiger charge is -2.32. The number of amides is 6. The van der Waals surface area contributed by atoms with E-state index in [-0.39, 0.29) is 49.5 Å². The van der Waals surface area contributed by atoms with Crippen molar-refractivity contribution >= 4 is 54.3 Å². The summed E-state index contributed by atoms with van der Waals surface area (Å²) in [6, 6.07) is 2.81. The Morgan fingerprint density at radius 2 is 1.09 bits per heavy atom. The lowest BCUT2D eigenvalue weighted by Crippen LogP contribution is -2.52. The molecule has 0 aromatic carbocycles. The Labute approximate surface area is 387 Å². The maximum absolute atomic E-state index is 13.7. The van der Waals surface area contributed by atoms with Crippen LogP contribution < -0.4 is 20.7 Å². The fourth-order valence-corrected chi connectivity index (χ4v) is 4.92. The van der Waals surface area contributed by atoms with Gasteiger partial charge in [-0.15, -0.1) is 20.2 Å². The van der Waals surface area contributed by atoms with E-state index in [4.69, 9.17) is 33.8 Å². The Morgan fingerprint density at radius 1 is 0.606 bits per heavy atom. The molecular weight excluding hydrogens is 865 g/mol. The number of hydrogen-bond donors (Lipinski definition) is 5. The van der Waals surface area contributed by atoms with E-state index in [2.05, 4.69) is 36.1 Å². The van der Waals surface area contributed by atoms with Gasteiger partial charge in [0.05, 0.1) is 6.61 Å². The fraction of sp³-hybridized carbons (Fsp3) is 0.698. The highest BCUT2D eigenvalue weighted by molar-refractivity contribution is 6.05. The zero-order valence-corrected chi connectivity index (χ0v) is 41.3. The van der Waals surface area contributed by atoms with Gasteiger partial charge in [-0.2, -0.15) is 0 Å². The topological polar surface area (TPSA) is 295 Å². The third-order valence-electron chi connectivity index (χ3n) is 7.28. The van der Waals surface area contributed by atoms with Gasteiger partial charge in [-0.05, 0) is 129 Å². The van der Waals surface area contributed by atoms with Gasteiger partial charge in [0.1, 0.15) is 33.7 Å². The average molecular weight is 937 g/mol. The molecule has 0 aliphatic carbocycles. The van der Waals surface area contributed by atoms with Crippen molar-refractivity contribution in [2.45, 2.75) is 170 Å². The first kappa shape index (κ1) is 57.7. The van der Waals surface area contributed by atoms with Crippen molar-refractivity contribution in [2.75, 3.05) is 26.2 Å². The van der Waals surface area contributed by atoms with Gasteiger partial charge in [0.15, 0.2) is 5.84 Å². The zero-order chi connectivity index (χ0) is 50.7. The first-order chi connectivity index (χ1) is 30.1. The van der Waals surface area contributed by atoms with Gasteiger partial charge in [-0.1, -0.05) is 19.3 Å². The second kappa shape index (κ2) is 25.4. The number of nitrogens with zero attached hydrogens (tertiary/aromatic N) is 6. The van der Waals surface area contributed by atoms with Crippen LogP contribution in [0.5, 0.6) is 5.88 Å². The summed E-state index contributed by atoms with van der Waals surface area (Å²) in [7, 11) is 0. The van der Waals surface area contributed by atoms with Crippen molar-refractivity contribution in [1.29, 1.82) is 5.41 Å². The van der Waals surface area contributed by atoms with Crippen molar-refractivity contribution in [3.63, 3.8) is 0 Å². The fourth-order valence-electron chi connectivity index (χ4n) is 4.92. The third-order valence-corrected chi connectivity index (χ3v) is 7.28. The number of unbranched alkanes of at least 4 members (excludes halogenated alkanes) is 4. The van der Waals surface area contributed by atoms with E-state index in [0.29, 0.717) is 38.6 Å². The standard InChI is InChI=1S/C43H72N10O13/c1-39(2,3)62-33(54)46-30(44)28-22-23-29(51-50-28)61-27-21-26-53(38(60)66-43(13,14)15)32(49-36(57)65-42(10,11)12)52(37(58)59)25-20-18-16-17-19-24-45-31(47-34(55)63-40(4,5)6)48-35(56)64-41(7,8)9/h22-23H,16-21,24-27H2,1-15H3,(H,58,59)(H2,44,46,54)(H2,45,47,48,55,56). The molecule has 0 bridgehead atoms. The van der Waals surface area contributed by atoms with Gasteiger partial charge in [0, 0.05) is 25.7 Å². The van der Waals surface area contributed by atoms with Crippen LogP contribution >= 0.6 is 0 Å². The zero-order valence-electron chi connectivity index (χ0n) is 41.3. The number of amidine groups is 1. The summed E-state index contributed by atoms with van der Waals surface area (Å²) in [6.45, 7) is 24.7. The molecular formula is C43H72N10O13. The van der Waals surface area contributed by atoms with E-state index in [9.17, 15) is 33.9 Å². The molecule has 23 heteroatoms. The van der Waals surface area contributed by atoms with Crippen molar-refractivity contribution < 1.29 is 62.3 Å². The van der Waals surface area contributed by atoms with E-state index in [1.807, 2.05) is 0 Å². The number of hydrogen-bond acceptors (Lipinski definition) is 15. The molecule has 66 heavy (non-hydrogen) atoms. The van der Waals surface area contributed by atoms with Crippen molar-refractivity contribution in [1.82, 2.24) is 35.9 Å². The van der Waals surface area contributed by atoms with Gasteiger partial charge < -0.3 is 38.8 Å². The van der Waals surface area contributed by atoms with Gasteiger partial charge >= 0.3 is 36.6 Å². The number of rotatable bonds is 14. The van der Waals surface area contributed by atoms with Crippen LogP contribution in [0.4, 0.5) is 28.8 Å². The van der Waals surface area contributed by atoms with E-state index in [1.165, 1.54) is 12.1 Å². The molecule has 1 aromatic rings. The van der Waals surface area contributed by atoms with Gasteiger partial charge in [0.2, 0.25) is 17.8 Å². The Kier molecular flexibility index (Phi) is 22.2. The minimum absolute atomic E-state index is 0.0310. The highest BCUT2D eigenvalue weighted by atomic mass is 16.6. The van der Waals surface area contributed by atoms with Gasteiger partial charge in [-0.3, -0.25) is 16.0 Å². The van der Waals surface area contributed by atoms with Crippen LogP contribution in [-0.4, -0.2) is 134 Å². The summed E-state index contributed by atoms with van der Waals surface area (Å²) in [5.74, 6) is -0.989. The molecule has 0 aliphatic heterocycles. The Morgan fingerprint density at radius 3 is 1.59 bits per heavy atom. The molecule has 1 heterocycles. The lowest BCUT2D eigenvalue weighted by atomic mass is 10.1. The second-order valence-electron chi connectivity index (χ2n) is 19.7. The SMILES string of the molecule is CC(C)(C)OC(=O)N=C(NCCCCCCCN(C(=O)O)C(=NC(=O)OC(C)(C)C)N(CCCOc1ccc(C(=N)NC(=O)OC(C)(C)C)nn1)C(=O)OC(C)(C)C)NC(=O)OC(C)(C)C. The summed E-state index contributed by atoms with van der Waals surface area (Å²) in [5.41, 5.74) is -4.38. The number of guanidine groups is 2. The van der Waals surface area contributed by atoms with Crippen LogP contribution in [0.25, 0.3) is 0 Å². The number of nitrogens with one attached hydrogen (secondary N) is 4. The highest BCUT2D eigenvalue weighted by Crippen LogP contribution is 2.17. The quantitative estimate of drug-likeness (QED) is 0.0511. The summed E-state index contributed by atoms with van der Waals surface area (Å²) in [5, 5.41) is 34.0. The maximum Gasteiger partial charge on any atom is 0.437 e. The number of aliphatic imine (C=N–C) groups is 2. The first-order valence-electron chi connectivity index (χ1n) is 21.6. The van der Waals surface area contributed by atoms with E-state index in [1.54, 1.807) is 104 Å². The molecule has 0 atom stereocenters. The van der Waals surface area contributed by atoms with Crippen LogP contribution in [0.1, 0.15) is 148 Å². The lowest BCUT2D eigenvalue weighted by molar-refractivity contribution is 0.0340. The molecule has 0 fully saturated rings. The molecule has 1 aromatic heterocycles. The molecule has 1 rings (SSSR count). The summed E-state index contributed by atoms with van der Waals surface area (Å²) < 4.78 is 32.4. The maximum atomic E-state index is 13.7. The number of ether oxygens (including phenoxy) is 6. The van der Waals surface area contributed by atoms with Crippen molar-refractivity contribution in [2.24, 2.45) is 9.98 Å². The van der Waals surface area contributed by atoms with Gasteiger partial charge in [-0.25, -0.2) is 38.6 Å². The molecule has 23 nitrogen and oxygen atoms in total. The highest BCUT2D eigenvalue weighted by Gasteiger charge is 2.33. The van der Waals surface area contributed by atoms with Crippen LogP contribution in [0.15, 0.2) is 22.1 Å². The molecule has 5 N–H and O–H groups in total. The van der Waals surface area contributed by atoms with Crippen LogP contribution in [0, 0.1) is 5.41 Å². The van der Waals surface area contributed by atoms with E-state index >= 15 is 0 Å². The summed E-state index contributed by atoms with van der Waals surface area (Å²) in [6.07, 6.45) is -3.47. The van der Waals surface area contributed by atoms with Crippen LogP contribution in [0.3, 0.4) is 0 Å². The normalized spacial score (nSPS) is 12.5. The predicted molar refractivity (Wildman–Crippen MR) is 244 cm³/mol. The number of carbonyl (C=O) groups is 6.